The Morgan fingerprint density at radius 1 is 1.50 bits per heavy atom. The second-order valence-electron chi connectivity index (χ2n) is 3.09. The zero-order chi connectivity index (χ0) is 10.3. The molecule has 0 fully saturated rings. The molecule has 6 heteroatoms. The normalized spacial score (nSPS) is 14.2. The third kappa shape index (κ3) is 1.15. The molecule has 0 spiro atoms. The quantitative estimate of drug-likeness (QED) is 0.681. The summed E-state index contributed by atoms with van der Waals surface area (Å²) in [6, 6.07) is 1.41. The van der Waals surface area contributed by atoms with E-state index in [4.69, 9.17) is 5.11 Å². The number of nitrogens with zero attached hydrogens (tertiary/aromatic N) is 3. The first kappa shape index (κ1) is 8.74. The van der Waals surface area contributed by atoms with Crippen molar-refractivity contribution in [1.82, 2.24) is 9.78 Å². The summed E-state index contributed by atoms with van der Waals surface area (Å²) in [5.41, 5.74) is -0.0223. The second-order valence-corrected chi connectivity index (χ2v) is 3.09. The fraction of sp³-hybridized carbons (Fsp3) is 0.375. The lowest BCUT2D eigenvalue weighted by Gasteiger charge is -2.10. The molecule has 74 valence electrons. The highest BCUT2D eigenvalue weighted by atomic mass is 16.4. The summed E-state index contributed by atoms with van der Waals surface area (Å²) in [4.78, 5) is 23.2. The molecule has 2 rings (SSSR count). The second kappa shape index (κ2) is 2.83. The van der Waals surface area contributed by atoms with Crippen LogP contribution in [0, 0.1) is 0 Å². The molecular formula is C8H9N3O3. The van der Waals surface area contributed by atoms with Gasteiger partial charge in [-0.15, -0.1) is 0 Å². The number of aromatic nitrogens is 2. The van der Waals surface area contributed by atoms with Crippen LogP contribution in [0.1, 0.15) is 17.4 Å². The van der Waals surface area contributed by atoms with Gasteiger partial charge in [-0.05, 0) is 0 Å². The smallest absolute Gasteiger partial charge is 0.356 e. The van der Waals surface area contributed by atoms with Gasteiger partial charge >= 0.3 is 5.97 Å². The van der Waals surface area contributed by atoms with Gasteiger partial charge < -0.3 is 5.11 Å². The van der Waals surface area contributed by atoms with E-state index >= 15 is 0 Å². The van der Waals surface area contributed by atoms with Gasteiger partial charge in [0.2, 0.25) is 5.91 Å². The van der Waals surface area contributed by atoms with Crippen molar-refractivity contribution in [2.75, 3.05) is 11.4 Å². The molecule has 1 N–H and O–H groups in total. The maximum absolute atomic E-state index is 11.1. The standard InChI is InChI=1S/C8H9N3O3/c1-5(12)10-2-3-11-7(10)4-6(9-11)8(13)14/h4H,2-3H2,1H3,(H,13,14). The number of carboxylic acid groups (broad SMARTS) is 1. The average molecular weight is 195 g/mol. The first-order valence-corrected chi connectivity index (χ1v) is 4.19. The van der Waals surface area contributed by atoms with Gasteiger partial charge in [0, 0.05) is 19.5 Å². The van der Waals surface area contributed by atoms with Crippen molar-refractivity contribution in [2.45, 2.75) is 13.5 Å². The van der Waals surface area contributed by atoms with E-state index in [2.05, 4.69) is 5.10 Å². The van der Waals surface area contributed by atoms with Gasteiger partial charge in [-0.25, -0.2) is 9.48 Å². The molecule has 1 amide bonds. The largest absolute Gasteiger partial charge is 0.476 e. The van der Waals surface area contributed by atoms with Crippen LogP contribution in [0.15, 0.2) is 6.07 Å². The van der Waals surface area contributed by atoms with Crippen molar-refractivity contribution in [3.05, 3.63) is 11.8 Å². The summed E-state index contributed by atoms with van der Waals surface area (Å²) in [6.07, 6.45) is 0. The number of hydrogen-bond donors (Lipinski definition) is 1. The Morgan fingerprint density at radius 3 is 2.79 bits per heavy atom. The molecule has 1 aliphatic rings. The first-order chi connectivity index (χ1) is 6.59. The fourth-order valence-corrected chi connectivity index (χ4v) is 1.52. The first-order valence-electron chi connectivity index (χ1n) is 4.19. The highest BCUT2D eigenvalue weighted by Crippen LogP contribution is 2.22. The number of carboxylic acids is 1. The molecule has 6 nitrogen and oxygen atoms in total. The average Bonchev–Trinajstić information content (AvgIpc) is 2.58. The molecular weight excluding hydrogens is 186 g/mol. The summed E-state index contributed by atoms with van der Waals surface area (Å²) in [7, 11) is 0. The maximum Gasteiger partial charge on any atom is 0.356 e. The Hall–Kier alpha value is -1.85. The molecule has 0 aromatic carbocycles. The van der Waals surface area contributed by atoms with Crippen LogP contribution >= 0.6 is 0 Å². The van der Waals surface area contributed by atoms with Crippen LogP contribution in [0.4, 0.5) is 5.82 Å². The number of hydrogen-bond acceptors (Lipinski definition) is 3. The Bertz CT molecular complexity index is 410. The lowest BCUT2D eigenvalue weighted by atomic mass is 10.4. The van der Waals surface area contributed by atoms with Crippen molar-refractivity contribution >= 4 is 17.7 Å². The van der Waals surface area contributed by atoms with Crippen molar-refractivity contribution in [3.63, 3.8) is 0 Å². The van der Waals surface area contributed by atoms with Crippen LogP contribution in [0.3, 0.4) is 0 Å². The van der Waals surface area contributed by atoms with Gasteiger partial charge in [-0.3, -0.25) is 9.69 Å². The molecule has 0 saturated carbocycles. The van der Waals surface area contributed by atoms with Crippen LogP contribution in [0.5, 0.6) is 0 Å². The molecule has 0 aliphatic carbocycles. The number of rotatable bonds is 1. The summed E-state index contributed by atoms with van der Waals surface area (Å²) < 4.78 is 1.53. The number of fused-ring (bicyclic) bond motifs is 1. The van der Waals surface area contributed by atoms with Gasteiger partial charge in [0.05, 0.1) is 6.54 Å². The van der Waals surface area contributed by atoms with Crippen molar-refractivity contribution in [2.24, 2.45) is 0 Å². The lowest BCUT2D eigenvalue weighted by Crippen LogP contribution is -2.25. The maximum atomic E-state index is 11.1. The van der Waals surface area contributed by atoms with E-state index in [1.807, 2.05) is 0 Å². The van der Waals surface area contributed by atoms with E-state index in [9.17, 15) is 9.59 Å². The number of carbonyl (C=O) groups excluding carboxylic acids is 1. The summed E-state index contributed by atoms with van der Waals surface area (Å²) in [6.45, 7) is 2.57. The van der Waals surface area contributed by atoms with E-state index < -0.39 is 5.97 Å². The van der Waals surface area contributed by atoms with Gasteiger partial charge in [0.1, 0.15) is 5.82 Å². The number of anilines is 1. The summed E-state index contributed by atoms with van der Waals surface area (Å²) in [5.74, 6) is -0.606. The third-order valence-corrected chi connectivity index (χ3v) is 2.17. The predicted octanol–water partition coefficient (Wildman–Crippen LogP) is -0.0522. The molecule has 1 aromatic rings. The van der Waals surface area contributed by atoms with Gasteiger partial charge in [0.15, 0.2) is 5.69 Å². The van der Waals surface area contributed by atoms with E-state index in [0.717, 1.165) is 0 Å². The topological polar surface area (TPSA) is 75.4 Å². The molecule has 14 heavy (non-hydrogen) atoms. The molecule has 2 heterocycles. The number of aromatic carboxylic acids is 1. The Labute approximate surface area is 79.7 Å². The zero-order valence-corrected chi connectivity index (χ0v) is 7.60. The molecule has 0 atom stereocenters. The van der Waals surface area contributed by atoms with Crippen LogP contribution in [-0.2, 0) is 11.3 Å². The van der Waals surface area contributed by atoms with Gasteiger partial charge in [-0.2, -0.15) is 5.10 Å². The van der Waals surface area contributed by atoms with Gasteiger partial charge in [0.25, 0.3) is 0 Å². The highest BCUT2D eigenvalue weighted by molar-refractivity contribution is 5.93. The molecule has 0 bridgehead atoms. The van der Waals surface area contributed by atoms with E-state index in [1.165, 1.54) is 22.6 Å². The molecule has 0 radical (unpaired) electrons. The van der Waals surface area contributed by atoms with Crippen LogP contribution < -0.4 is 4.90 Å². The third-order valence-electron chi connectivity index (χ3n) is 2.17. The van der Waals surface area contributed by atoms with Crippen molar-refractivity contribution in [1.29, 1.82) is 0 Å². The molecule has 0 saturated heterocycles. The van der Waals surface area contributed by atoms with E-state index in [-0.39, 0.29) is 11.6 Å². The highest BCUT2D eigenvalue weighted by Gasteiger charge is 2.25. The number of carbonyl (C=O) groups is 2. The molecule has 1 aromatic heterocycles. The summed E-state index contributed by atoms with van der Waals surface area (Å²) in [5, 5.41) is 12.5. The Kier molecular flexibility index (Phi) is 1.77. The fourth-order valence-electron chi connectivity index (χ4n) is 1.52. The van der Waals surface area contributed by atoms with Crippen LogP contribution in [0.2, 0.25) is 0 Å². The minimum Gasteiger partial charge on any atom is -0.476 e. The Balaban J connectivity index is 2.40. The lowest BCUT2D eigenvalue weighted by molar-refractivity contribution is -0.116. The summed E-state index contributed by atoms with van der Waals surface area (Å²) >= 11 is 0. The number of amides is 1. The monoisotopic (exact) mass is 195 g/mol. The van der Waals surface area contributed by atoms with E-state index in [0.29, 0.717) is 18.9 Å². The molecule has 0 unspecified atom stereocenters. The van der Waals surface area contributed by atoms with Crippen LogP contribution in [0.25, 0.3) is 0 Å². The SMILES string of the molecule is CC(=O)N1CCn2nc(C(=O)O)cc21. The van der Waals surface area contributed by atoms with E-state index in [1.54, 1.807) is 0 Å². The van der Waals surface area contributed by atoms with Crippen molar-refractivity contribution < 1.29 is 14.7 Å². The zero-order valence-electron chi connectivity index (χ0n) is 7.60. The minimum atomic E-state index is -1.07. The van der Waals surface area contributed by atoms with Crippen LogP contribution in [-0.4, -0.2) is 33.3 Å². The Morgan fingerprint density at radius 2 is 2.21 bits per heavy atom. The predicted molar refractivity (Wildman–Crippen MR) is 47.2 cm³/mol. The minimum absolute atomic E-state index is 0.0223. The van der Waals surface area contributed by atoms with Gasteiger partial charge in [-0.1, -0.05) is 0 Å². The van der Waals surface area contributed by atoms with Crippen molar-refractivity contribution in [3.8, 4) is 0 Å². The molecule has 1 aliphatic heterocycles.